The lowest BCUT2D eigenvalue weighted by atomic mass is 10.2. The van der Waals surface area contributed by atoms with Crippen LogP contribution in [0.1, 0.15) is 23.0 Å². The monoisotopic (exact) mass is 319 g/mol. The van der Waals surface area contributed by atoms with Crippen molar-refractivity contribution in [3.63, 3.8) is 0 Å². The highest BCUT2D eigenvalue weighted by Gasteiger charge is 2.33. The van der Waals surface area contributed by atoms with E-state index in [-0.39, 0.29) is 18.0 Å². The standard InChI is InChI=1S/C12H9ClF3N3O2/c1-2-21-11(20)10-6-19(18-17-10)7-3-4-9(13)8(5-7)12(14,15)16/h3-6H,2H2,1H3. The molecular weight excluding hydrogens is 311 g/mol. The summed E-state index contributed by atoms with van der Waals surface area (Å²) in [5, 5.41) is 6.73. The van der Waals surface area contributed by atoms with Gasteiger partial charge in [0.15, 0.2) is 5.69 Å². The second-order valence-corrected chi connectivity index (χ2v) is 4.34. The van der Waals surface area contributed by atoms with E-state index in [2.05, 4.69) is 10.3 Å². The van der Waals surface area contributed by atoms with Gasteiger partial charge in [0.1, 0.15) is 0 Å². The van der Waals surface area contributed by atoms with Gasteiger partial charge in [0.25, 0.3) is 0 Å². The van der Waals surface area contributed by atoms with Crippen molar-refractivity contribution in [1.82, 2.24) is 15.0 Å². The van der Waals surface area contributed by atoms with Crippen LogP contribution >= 0.6 is 11.6 Å². The molecular formula is C12H9ClF3N3O2. The Morgan fingerprint density at radius 3 is 2.76 bits per heavy atom. The fourth-order valence-corrected chi connectivity index (χ4v) is 1.79. The van der Waals surface area contributed by atoms with Crippen LogP contribution in [0.2, 0.25) is 5.02 Å². The van der Waals surface area contributed by atoms with Gasteiger partial charge in [-0.2, -0.15) is 13.2 Å². The van der Waals surface area contributed by atoms with Crippen LogP contribution < -0.4 is 0 Å². The Morgan fingerprint density at radius 2 is 2.14 bits per heavy atom. The predicted octanol–water partition coefficient (Wildman–Crippen LogP) is 3.12. The van der Waals surface area contributed by atoms with Crippen molar-refractivity contribution >= 4 is 17.6 Å². The van der Waals surface area contributed by atoms with E-state index in [1.165, 1.54) is 12.3 Å². The van der Waals surface area contributed by atoms with Crippen LogP contribution in [-0.2, 0) is 10.9 Å². The quantitative estimate of drug-likeness (QED) is 0.816. The molecule has 0 unspecified atom stereocenters. The normalized spacial score (nSPS) is 11.5. The van der Waals surface area contributed by atoms with Crippen LogP contribution in [0.15, 0.2) is 24.4 Å². The van der Waals surface area contributed by atoms with Crippen LogP contribution in [0.5, 0.6) is 0 Å². The highest BCUT2D eigenvalue weighted by molar-refractivity contribution is 6.31. The number of ether oxygens (including phenoxy) is 1. The number of alkyl halides is 3. The molecule has 5 nitrogen and oxygen atoms in total. The smallest absolute Gasteiger partial charge is 0.417 e. The first-order valence-corrected chi connectivity index (χ1v) is 6.17. The summed E-state index contributed by atoms with van der Waals surface area (Å²) in [5.41, 5.74) is -1.01. The number of hydrogen-bond acceptors (Lipinski definition) is 4. The Labute approximate surface area is 122 Å². The van der Waals surface area contributed by atoms with Crippen molar-refractivity contribution in [3.8, 4) is 5.69 Å². The van der Waals surface area contributed by atoms with E-state index in [1.54, 1.807) is 6.92 Å². The topological polar surface area (TPSA) is 57.0 Å². The van der Waals surface area contributed by atoms with Crippen molar-refractivity contribution in [2.45, 2.75) is 13.1 Å². The molecule has 0 radical (unpaired) electrons. The Morgan fingerprint density at radius 1 is 1.43 bits per heavy atom. The van der Waals surface area contributed by atoms with Gasteiger partial charge in [-0.05, 0) is 25.1 Å². The Kier molecular flexibility index (Phi) is 4.17. The summed E-state index contributed by atoms with van der Waals surface area (Å²) < 4.78 is 44.1. The summed E-state index contributed by atoms with van der Waals surface area (Å²) in [6, 6.07) is 3.26. The SMILES string of the molecule is CCOC(=O)c1cn(-c2ccc(Cl)c(C(F)(F)F)c2)nn1. The zero-order valence-electron chi connectivity index (χ0n) is 10.7. The number of benzene rings is 1. The third-order valence-electron chi connectivity index (χ3n) is 2.50. The van der Waals surface area contributed by atoms with Gasteiger partial charge < -0.3 is 4.74 Å². The van der Waals surface area contributed by atoms with E-state index < -0.39 is 22.7 Å². The molecule has 0 saturated carbocycles. The molecule has 0 fully saturated rings. The summed E-state index contributed by atoms with van der Waals surface area (Å²) >= 11 is 5.53. The van der Waals surface area contributed by atoms with E-state index in [0.29, 0.717) is 0 Å². The number of carbonyl (C=O) groups is 1. The summed E-state index contributed by atoms with van der Waals surface area (Å²) in [5.74, 6) is -0.700. The van der Waals surface area contributed by atoms with Gasteiger partial charge in [0.05, 0.1) is 29.1 Å². The lowest BCUT2D eigenvalue weighted by Crippen LogP contribution is -2.07. The van der Waals surface area contributed by atoms with Crippen molar-refractivity contribution in [2.75, 3.05) is 6.61 Å². The lowest BCUT2D eigenvalue weighted by Gasteiger charge is -2.10. The molecule has 2 rings (SSSR count). The van der Waals surface area contributed by atoms with Gasteiger partial charge >= 0.3 is 12.1 Å². The zero-order valence-corrected chi connectivity index (χ0v) is 11.4. The first kappa shape index (κ1) is 15.3. The highest BCUT2D eigenvalue weighted by Crippen LogP contribution is 2.35. The van der Waals surface area contributed by atoms with E-state index in [0.717, 1.165) is 16.8 Å². The minimum absolute atomic E-state index is 0.0785. The summed E-state index contributed by atoms with van der Waals surface area (Å²) in [4.78, 5) is 11.4. The van der Waals surface area contributed by atoms with Gasteiger partial charge in [-0.15, -0.1) is 5.10 Å². The van der Waals surface area contributed by atoms with Crippen LogP contribution in [0.4, 0.5) is 13.2 Å². The summed E-state index contributed by atoms with van der Waals surface area (Å²) in [6.45, 7) is 1.78. The van der Waals surface area contributed by atoms with E-state index in [4.69, 9.17) is 16.3 Å². The molecule has 0 N–H and O–H groups in total. The minimum Gasteiger partial charge on any atom is -0.461 e. The molecule has 0 aliphatic carbocycles. The first-order chi connectivity index (χ1) is 9.82. The third kappa shape index (κ3) is 3.33. The van der Waals surface area contributed by atoms with E-state index in [9.17, 15) is 18.0 Å². The molecule has 1 aromatic heterocycles. The van der Waals surface area contributed by atoms with Crippen LogP contribution in [0.25, 0.3) is 5.69 Å². The summed E-state index contributed by atoms with van der Waals surface area (Å²) in [7, 11) is 0. The second kappa shape index (κ2) is 5.72. The number of aromatic nitrogens is 3. The molecule has 2 aromatic rings. The number of carbonyl (C=O) groups excluding carboxylic acids is 1. The molecule has 112 valence electrons. The Hall–Kier alpha value is -2.09. The molecule has 0 amide bonds. The van der Waals surface area contributed by atoms with Gasteiger partial charge in [-0.1, -0.05) is 16.8 Å². The van der Waals surface area contributed by atoms with Crippen molar-refractivity contribution in [1.29, 1.82) is 0 Å². The highest BCUT2D eigenvalue weighted by atomic mass is 35.5. The first-order valence-electron chi connectivity index (χ1n) is 5.79. The molecule has 0 atom stereocenters. The maximum atomic E-state index is 12.8. The molecule has 0 bridgehead atoms. The third-order valence-corrected chi connectivity index (χ3v) is 2.83. The average molecular weight is 320 g/mol. The molecule has 21 heavy (non-hydrogen) atoms. The largest absolute Gasteiger partial charge is 0.461 e. The zero-order chi connectivity index (χ0) is 15.6. The summed E-state index contributed by atoms with van der Waals surface area (Å²) in [6.07, 6.45) is -3.40. The Balaban J connectivity index is 2.37. The van der Waals surface area contributed by atoms with Crippen LogP contribution in [0, 0.1) is 0 Å². The molecule has 9 heteroatoms. The number of esters is 1. The molecule has 0 aliphatic heterocycles. The van der Waals surface area contributed by atoms with Gasteiger partial charge in [0, 0.05) is 0 Å². The molecule has 0 spiro atoms. The van der Waals surface area contributed by atoms with E-state index in [1.807, 2.05) is 0 Å². The number of nitrogens with zero attached hydrogens (tertiary/aromatic N) is 3. The second-order valence-electron chi connectivity index (χ2n) is 3.93. The number of rotatable bonds is 3. The number of halogens is 4. The fraction of sp³-hybridized carbons (Fsp3) is 0.250. The maximum Gasteiger partial charge on any atom is 0.417 e. The average Bonchev–Trinajstić information content (AvgIpc) is 2.88. The van der Waals surface area contributed by atoms with Gasteiger partial charge in [-0.3, -0.25) is 0 Å². The predicted molar refractivity (Wildman–Crippen MR) is 67.3 cm³/mol. The van der Waals surface area contributed by atoms with E-state index >= 15 is 0 Å². The number of hydrogen-bond donors (Lipinski definition) is 0. The molecule has 1 aromatic carbocycles. The van der Waals surface area contributed by atoms with Gasteiger partial charge in [0.2, 0.25) is 0 Å². The van der Waals surface area contributed by atoms with Crippen molar-refractivity contribution in [2.24, 2.45) is 0 Å². The lowest BCUT2D eigenvalue weighted by molar-refractivity contribution is -0.137. The minimum atomic E-state index is -4.59. The fourth-order valence-electron chi connectivity index (χ4n) is 1.56. The molecule has 1 heterocycles. The van der Waals surface area contributed by atoms with Crippen LogP contribution in [0.3, 0.4) is 0 Å². The van der Waals surface area contributed by atoms with Crippen LogP contribution in [-0.4, -0.2) is 27.6 Å². The Bertz CT molecular complexity index is 670. The van der Waals surface area contributed by atoms with Gasteiger partial charge in [-0.25, -0.2) is 9.48 Å². The molecule has 0 aliphatic rings. The maximum absolute atomic E-state index is 12.8. The molecule has 0 saturated heterocycles. The van der Waals surface area contributed by atoms with Crippen molar-refractivity contribution < 1.29 is 22.7 Å². The van der Waals surface area contributed by atoms with Crippen molar-refractivity contribution in [3.05, 3.63) is 40.7 Å².